The van der Waals surface area contributed by atoms with Gasteiger partial charge in [-0.3, -0.25) is 19.3 Å². The van der Waals surface area contributed by atoms with Crippen LogP contribution in [0.15, 0.2) is 11.3 Å². The van der Waals surface area contributed by atoms with Gasteiger partial charge in [-0.25, -0.2) is 13.2 Å². The molecule has 0 aliphatic carbocycles. The first kappa shape index (κ1) is 20.3. The number of carboxylic acids is 1. The van der Waals surface area contributed by atoms with E-state index in [4.69, 9.17) is 9.47 Å². The molecule has 0 aromatic rings. The summed E-state index contributed by atoms with van der Waals surface area (Å²) in [7, 11) is -2.70. The summed E-state index contributed by atoms with van der Waals surface area (Å²) in [6.45, 7) is 0.793. The van der Waals surface area contributed by atoms with Gasteiger partial charge in [-0.05, 0) is 12.8 Å². The highest BCUT2D eigenvalue weighted by atomic mass is 32.2. The zero-order valence-corrected chi connectivity index (χ0v) is 16.1. The number of carboxylic acid groups (broad SMARTS) is 1. The lowest BCUT2D eigenvalue weighted by Crippen LogP contribution is -2.71. The van der Waals surface area contributed by atoms with Gasteiger partial charge in [-0.15, -0.1) is 0 Å². The zero-order valence-electron chi connectivity index (χ0n) is 15.3. The average molecular weight is 416 g/mol. The number of nitrogens with zero attached hydrogens (tertiary/aromatic N) is 2. The molecule has 11 nitrogen and oxygen atoms in total. The fourth-order valence-corrected chi connectivity index (χ4v) is 5.77. The highest BCUT2D eigenvalue weighted by molar-refractivity contribution is 7.92. The molecule has 3 atom stereocenters. The van der Waals surface area contributed by atoms with Crippen molar-refractivity contribution in [2.75, 3.05) is 26.0 Å². The van der Waals surface area contributed by atoms with Crippen LogP contribution in [0.3, 0.4) is 0 Å². The van der Waals surface area contributed by atoms with E-state index < -0.39 is 63.5 Å². The minimum Gasteiger partial charge on any atom is -0.480 e. The van der Waals surface area contributed by atoms with Crippen LogP contribution in [0.2, 0.25) is 0 Å². The SMILES string of the molecule is CO[C@H]1C(=O)N2C(C(=O)N3CCC[C@H]3C(=O)O)=C(COC(C)=O)CS(=O)(=O)C12. The summed E-state index contributed by atoms with van der Waals surface area (Å²) < 4.78 is 35.0. The van der Waals surface area contributed by atoms with Gasteiger partial charge in [0.15, 0.2) is 21.3 Å². The van der Waals surface area contributed by atoms with Crippen molar-refractivity contribution in [3.63, 3.8) is 0 Å². The van der Waals surface area contributed by atoms with Crippen molar-refractivity contribution in [1.29, 1.82) is 0 Å². The fraction of sp³-hybridized carbons (Fsp3) is 0.625. The molecule has 3 heterocycles. The zero-order chi connectivity index (χ0) is 20.8. The first-order valence-electron chi connectivity index (χ1n) is 8.56. The molecule has 0 spiro atoms. The van der Waals surface area contributed by atoms with Crippen LogP contribution in [-0.4, -0.2) is 90.6 Å². The lowest BCUT2D eigenvalue weighted by Gasteiger charge is -2.49. The predicted octanol–water partition coefficient (Wildman–Crippen LogP) is -1.51. The van der Waals surface area contributed by atoms with Gasteiger partial charge in [0.25, 0.3) is 11.8 Å². The summed E-state index contributed by atoms with van der Waals surface area (Å²) in [5.74, 6) is -3.95. The number of carbonyl (C=O) groups excluding carboxylic acids is 3. The second-order valence-corrected chi connectivity index (χ2v) is 8.89. The van der Waals surface area contributed by atoms with Gasteiger partial charge in [-0.1, -0.05) is 0 Å². The molecule has 12 heteroatoms. The molecule has 3 aliphatic rings. The first-order chi connectivity index (χ1) is 13.1. The molecule has 3 aliphatic heterocycles. The van der Waals surface area contributed by atoms with Crippen LogP contribution in [0.5, 0.6) is 0 Å². The number of β-lactam (4-membered cyclic amide) rings is 1. The van der Waals surface area contributed by atoms with Crippen molar-refractivity contribution in [3.05, 3.63) is 11.3 Å². The highest BCUT2D eigenvalue weighted by Crippen LogP contribution is 2.39. The monoisotopic (exact) mass is 416 g/mol. The van der Waals surface area contributed by atoms with Gasteiger partial charge in [0.05, 0.1) is 5.75 Å². The third-order valence-corrected chi connectivity index (χ3v) is 6.96. The number of methoxy groups -OCH3 is 1. The molecule has 3 rings (SSSR count). The number of likely N-dealkylation sites (tertiary alicyclic amines) is 1. The van der Waals surface area contributed by atoms with E-state index in [0.29, 0.717) is 6.42 Å². The summed E-state index contributed by atoms with van der Waals surface area (Å²) in [5, 5.41) is 7.98. The Hall–Kier alpha value is -2.47. The quantitative estimate of drug-likeness (QED) is 0.417. The van der Waals surface area contributed by atoms with E-state index in [2.05, 4.69) is 0 Å². The van der Waals surface area contributed by atoms with Gasteiger partial charge in [0, 0.05) is 26.2 Å². The maximum atomic E-state index is 13.1. The van der Waals surface area contributed by atoms with E-state index in [1.165, 1.54) is 7.11 Å². The number of amides is 2. The number of aliphatic carboxylic acids is 1. The first-order valence-corrected chi connectivity index (χ1v) is 10.3. The number of sulfone groups is 1. The Labute approximate surface area is 160 Å². The van der Waals surface area contributed by atoms with Crippen LogP contribution in [0.25, 0.3) is 0 Å². The molecule has 2 saturated heterocycles. The van der Waals surface area contributed by atoms with Gasteiger partial charge in [-0.2, -0.15) is 0 Å². The lowest BCUT2D eigenvalue weighted by atomic mass is 10.0. The standard InChI is InChI=1S/C16H20N2O9S/c1-8(19)27-6-9-7-28(24,25)15-12(26-2)14(21)18(15)11(9)13(20)17-5-3-4-10(17)16(22)23/h10,12,15H,3-7H2,1-2H3,(H,22,23)/t10-,12-,15?/m0/s1. The molecule has 28 heavy (non-hydrogen) atoms. The van der Waals surface area contributed by atoms with Crippen molar-refractivity contribution in [2.24, 2.45) is 0 Å². The maximum Gasteiger partial charge on any atom is 0.326 e. The van der Waals surface area contributed by atoms with Crippen LogP contribution in [0.4, 0.5) is 0 Å². The number of hydrogen-bond donors (Lipinski definition) is 1. The fourth-order valence-electron chi connectivity index (χ4n) is 3.76. The number of hydrogen-bond acceptors (Lipinski definition) is 8. The molecule has 1 unspecified atom stereocenters. The summed E-state index contributed by atoms with van der Waals surface area (Å²) in [6.07, 6.45) is -0.521. The summed E-state index contributed by atoms with van der Waals surface area (Å²) in [4.78, 5) is 50.1. The van der Waals surface area contributed by atoms with Crippen LogP contribution in [0.1, 0.15) is 19.8 Å². The van der Waals surface area contributed by atoms with E-state index in [1.807, 2.05) is 0 Å². The number of esters is 1. The Morgan fingerprint density at radius 2 is 1.96 bits per heavy atom. The van der Waals surface area contributed by atoms with Gasteiger partial charge in [0.2, 0.25) is 0 Å². The molecule has 2 amide bonds. The third kappa shape index (κ3) is 3.15. The summed E-state index contributed by atoms with van der Waals surface area (Å²) in [5.41, 5.74) is -0.303. The predicted molar refractivity (Wildman–Crippen MR) is 91.2 cm³/mol. The third-order valence-electron chi connectivity index (χ3n) is 5.02. The topological polar surface area (TPSA) is 148 Å². The summed E-state index contributed by atoms with van der Waals surface area (Å²) in [6, 6.07) is -1.07. The second-order valence-electron chi connectivity index (χ2n) is 6.79. The Bertz CT molecular complexity index is 879. The normalized spacial score (nSPS) is 28.6. The van der Waals surface area contributed by atoms with Crippen LogP contribution >= 0.6 is 0 Å². The van der Waals surface area contributed by atoms with Crippen molar-refractivity contribution in [1.82, 2.24) is 9.80 Å². The number of fused-ring (bicyclic) bond motifs is 1. The second kappa shape index (κ2) is 7.17. The van der Waals surface area contributed by atoms with Gasteiger partial charge >= 0.3 is 11.9 Å². The molecule has 0 aromatic heterocycles. The molecule has 2 fully saturated rings. The van der Waals surface area contributed by atoms with E-state index in [0.717, 1.165) is 16.7 Å². The van der Waals surface area contributed by atoms with E-state index in [-0.39, 0.29) is 24.2 Å². The lowest BCUT2D eigenvalue weighted by molar-refractivity contribution is -0.162. The van der Waals surface area contributed by atoms with Gasteiger partial charge < -0.3 is 19.5 Å². The molecule has 0 aromatic carbocycles. The van der Waals surface area contributed by atoms with Crippen molar-refractivity contribution < 1.29 is 42.2 Å². The Kier molecular flexibility index (Phi) is 5.19. The number of ether oxygens (including phenoxy) is 2. The Morgan fingerprint density at radius 1 is 1.29 bits per heavy atom. The minimum atomic E-state index is -3.89. The molecule has 0 bridgehead atoms. The molecule has 0 radical (unpaired) electrons. The van der Waals surface area contributed by atoms with E-state index in [1.54, 1.807) is 0 Å². The summed E-state index contributed by atoms with van der Waals surface area (Å²) >= 11 is 0. The number of rotatable bonds is 5. The maximum absolute atomic E-state index is 13.1. The van der Waals surface area contributed by atoms with Crippen LogP contribution in [-0.2, 0) is 38.5 Å². The smallest absolute Gasteiger partial charge is 0.326 e. The van der Waals surface area contributed by atoms with E-state index >= 15 is 0 Å². The molecular weight excluding hydrogens is 396 g/mol. The van der Waals surface area contributed by atoms with Crippen molar-refractivity contribution >= 4 is 33.6 Å². The highest BCUT2D eigenvalue weighted by Gasteiger charge is 2.61. The van der Waals surface area contributed by atoms with Crippen LogP contribution in [0, 0.1) is 0 Å². The number of carbonyl (C=O) groups is 4. The average Bonchev–Trinajstić information content (AvgIpc) is 3.09. The van der Waals surface area contributed by atoms with Crippen molar-refractivity contribution in [3.8, 4) is 0 Å². The Balaban J connectivity index is 2.05. The van der Waals surface area contributed by atoms with Gasteiger partial charge in [0.1, 0.15) is 18.3 Å². The van der Waals surface area contributed by atoms with Crippen LogP contribution < -0.4 is 0 Å². The van der Waals surface area contributed by atoms with Crippen molar-refractivity contribution in [2.45, 2.75) is 37.3 Å². The molecule has 0 saturated carbocycles. The Morgan fingerprint density at radius 3 is 2.54 bits per heavy atom. The molecule has 1 N–H and O–H groups in total. The minimum absolute atomic E-state index is 0.0598. The molecular formula is C16H20N2O9S. The molecule has 154 valence electrons. The van der Waals surface area contributed by atoms with E-state index in [9.17, 15) is 32.7 Å². The largest absolute Gasteiger partial charge is 0.480 e.